The highest BCUT2D eigenvalue weighted by molar-refractivity contribution is 6.30. The van der Waals surface area contributed by atoms with Crippen LogP contribution in [-0.2, 0) is 12.7 Å². The van der Waals surface area contributed by atoms with Gasteiger partial charge in [-0.2, -0.15) is 18.3 Å². The number of rotatable bonds is 4. The Morgan fingerprint density at radius 1 is 1.28 bits per heavy atom. The van der Waals surface area contributed by atoms with E-state index in [2.05, 4.69) is 20.5 Å². The third-order valence-electron chi connectivity index (χ3n) is 3.14. The Morgan fingerprint density at radius 2 is 2.00 bits per heavy atom. The topological polar surface area (TPSA) is 88.5 Å². The van der Waals surface area contributed by atoms with Gasteiger partial charge in [-0.1, -0.05) is 23.7 Å². The van der Waals surface area contributed by atoms with Crippen LogP contribution in [0.1, 0.15) is 21.7 Å². The molecular formula is C14H10ClF3N6O. The van der Waals surface area contributed by atoms with Gasteiger partial charge < -0.3 is 0 Å². The SMILES string of the molecule is O=C(Nc1ncn(Cc2ccc(Cl)cc2)n1)c1cc(C(F)(F)F)[nH]n1. The Balaban J connectivity index is 1.65. The second-order valence-electron chi connectivity index (χ2n) is 5.01. The van der Waals surface area contributed by atoms with Crippen molar-refractivity contribution in [3.63, 3.8) is 0 Å². The van der Waals surface area contributed by atoms with Gasteiger partial charge in [0.05, 0.1) is 6.54 Å². The van der Waals surface area contributed by atoms with Crippen LogP contribution in [0, 0.1) is 0 Å². The first-order valence-electron chi connectivity index (χ1n) is 6.89. The predicted molar refractivity (Wildman–Crippen MR) is 82.1 cm³/mol. The number of hydrogen-bond acceptors (Lipinski definition) is 4. The Morgan fingerprint density at radius 3 is 2.64 bits per heavy atom. The number of carbonyl (C=O) groups is 1. The molecule has 11 heteroatoms. The predicted octanol–water partition coefficient (Wildman–Crippen LogP) is 2.97. The smallest absolute Gasteiger partial charge is 0.288 e. The number of hydrogen-bond donors (Lipinski definition) is 2. The van der Waals surface area contributed by atoms with Crippen LogP contribution in [0.5, 0.6) is 0 Å². The maximum absolute atomic E-state index is 12.5. The van der Waals surface area contributed by atoms with Crippen molar-refractivity contribution in [1.82, 2.24) is 25.0 Å². The Kier molecular flexibility index (Phi) is 4.45. The zero-order valence-electron chi connectivity index (χ0n) is 12.4. The standard InChI is InChI=1S/C14H10ClF3N6O/c15-9-3-1-8(2-4-9)6-24-7-19-13(23-24)20-12(25)10-5-11(22-21-10)14(16,17)18/h1-5,7H,6H2,(H,21,22)(H,20,23,25). The van der Waals surface area contributed by atoms with Crippen molar-refractivity contribution in [2.24, 2.45) is 0 Å². The van der Waals surface area contributed by atoms with Gasteiger partial charge in [-0.25, -0.2) is 9.67 Å². The van der Waals surface area contributed by atoms with E-state index in [4.69, 9.17) is 11.6 Å². The van der Waals surface area contributed by atoms with E-state index in [1.165, 1.54) is 11.0 Å². The first-order chi connectivity index (χ1) is 11.8. The number of alkyl halides is 3. The van der Waals surface area contributed by atoms with Crippen LogP contribution in [0.15, 0.2) is 36.7 Å². The number of nitrogens with zero attached hydrogens (tertiary/aromatic N) is 4. The number of amides is 1. The maximum Gasteiger partial charge on any atom is 0.432 e. The quantitative estimate of drug-likeness (QED) is 0.739. The molecule has 1 aromatic carbocycles. The monoisotopic (exact) mass is 370 g/mol. The molecule has 0 aliphatic carbocycles. The second-order valence-corrected chi connectivity index (χ2v) is 5.45. The number of benzene rings is 1. The molecule has 0 atom stereocenters. The van der Waals surface area contributed by atoms with E-state index in [0.29, 0.717) is 17.6 Å². The molecule has 25 heavy (non-hydrogen) atoms. The third kappa shape index (κ3) is 4.15. The molecule has 2 aromatic heterocycles. The fraction of sp³-hybridized carbons (Fsp3) is 0.143. The molecule has 0 saturated carbocycles. The molecule has 3 rings (SSSR count). The highest BCUT2D eigenvalue weighted by atomic mass is 35.5. The molecule has 0 bridgehead atoms. The van der Waals surface area contributed by atoms with Crippen molar-refractivity contribution < 1.29 is 18.0 Å². The number of nitrogens with one attached hydrogen (secondary N) is 2. The summed E-state index contributed by atoms with van der Waals surface area (Å²) < 4.78 is 38.9. The highest BCUT2D eigenvalue weighted by Crippen LogP contribution is 2.27. The summed E-state index contributed by atoms with van der Waals surface area (Å²) in [6.45, 7) is 0.390. The lowest BCUT2D eigenvalue weighted by atomic mass is 10.2. The lowest BCUT2D eigenvalue weighted by Gasteiger charge is -2.01. The fourth-order valence-electron chi connectivity index (χ4n) is 1.95. The van der Waals surface area contributed by atoms with E-state index in [0.717, 1.165) is 5.56 Å². The van der Waals surface area contributed by atoms with Gasteiger partial charge in [-0.3, -0.25) is 15.2 Å². The molecule has 2 heterocycles. The molecular weight excluding hydrogens is 361 g/mol. The first-order valence-corrected chi connectivity index (χ1v) is 7.27. The molecule has 0 aliphatic heterocycles. The summed E-state index contributed by atoms with van der Waals surface area (Å²) in [7, 11) is 0. The lowest BCUT2D eigenvalue weighted by Crippen LogP contribution is -2.14. The number of carbonyl (C=O) groups excluding carboxylic acids is 1. The van der Waals surface area contributed by atoms with E-state index in [1.54, 1.807) is 17.2 Å². The van der Waals surface area contributed by atoms with Gasteiger partial charge in [0.15, 0.2) is 5.69 Å². The van der Waals surface area contributed by atoms with Crippen LogP contribution in [-0.4, -0.2) is 30.9 Å². The van der Waals surface area contributed by atoms with Crippen molar-refractivity contribution in [3.05, 3.63) is 58.6 Å². The zero-order chi connectivity index (χ0) is 18.0. The molecule has 7 nitrogen and oxygen atoms in total. The van der Waals surface area contributed by atoms with Gasteiger partial charge in [0.2, 0.25) is 5.95 Å². The Bertz CT molecular complexity index is 887. The zero-order valence-corrected chi connectivity index (χ0v) is 13.1. The van der Waals surface area contributed by atoms with Crippen LogP contribution in [0.2, 0.25) is 5.02 Å². The summed E-state index contributed by atoms with van der Waals surface area (Å²) in [5, 5.41) is 12.0. The number of aromatic amines is 1. The average Bonchev–Trinajstić information content (AvgIpc) is 3.19. The van der Waals surface area contributed by atoms with Crippen molar-refractivity contribution in [3.8, 4) is 0 Å². The molecule has 0 aliphatic rings. The number of anilines is 1. The average molecular weight is 371 g/mol. The normalized spacial score (nSPS) is 11.5. The fourth-order valence-corrected chi connectivity index (χ4v) is 2.08. The summed E-state index contributed by atoms with van der Waals surface area (Å²) in [4.78, 5) is 15.8. The molecule has 2 N–H and O–H groups in total. The van der Waals surface area contributed by atoms with Crippen LogP contribution in [0.25, 0.3) is 0 Å². The number of H-pyrrole nitrogens is 1. The van der Waals surface area contributed by atoms with E-state index in [-0.39, 0.29) is 5.95 Å². The Hall–Kier alpha value is -2.88. The van der Waals surface area contributed by atoms with E-state index < -0.39 is 23.5 Å². The van der Waals surface area contributed by atoms with Gasteiger partial charge in [0.25, 0.3) is 5.91 Å². The van der Waals surface area contributed by atoms with Crippen molar-refractivity contribution in [1.29, 1.82) is 0 Å². The summed E-state index contributed by atoms with van der Waals surface area (Å²) in [6.07, 6.45) is -3.22. The molecule has 130 valence electrons. The first kappa shape index (κ1) is 17.0. The minimum Gasteiger partial charge on any atom is -0.288 e. The van der Waals surface area contributed by atoms with E-state index in [9.17, 15) is 18.0 Å². The molecule has 0 spiro atoms. The van der Waals surface area contributed by atoms with Gasteiger partial charge in [0.1, 0.15) is 12.0 Å². The van der Waals surface area contributed by atoms with Crippen molar-refractivity contribution in [2.45, 2.75) is 12.7 Å². The van der Waals surface area contributed by atoms with Gasteiger partial charge in [-0.15, -0.1) is 5.10 Å². The largest absolute Gasteiger partial charge is 0.432 e. The van der Waals surface area contributed by atoms with Crippen molar-refractivity contribution in [2.75, 3.05) is 5.32 Å². The molecule has 0 radical (unpaired) electrons. The summed E-state index contributed by atoms with van der Waals surface area (Å²) >= 11 is 5.80. The van der Waals surface area contributed by atoms with Crippen LogP contribution < -0.4 is 5.32 Å². The van der Waals surface area contributed by atoms with Crippen LogP contribution in [0.4, 0.5) is 19.1 Å². The van der Waals surface area contributed by atoms with Gasteiger partial charge in [0, 0.05) is 11.1 Å². The third-order valence-corrected chi connectivity index (χ3v) is 3.39. The van der Waals surface area contributed by atoms with Gasteiger partial charge >= 0.3 is 6.18 Å². The van der Waals surface area contributed by atoms with Crippen molar-refractivity contribution >= 4 is 23.5 Å². The maximum atomic E-state index is 12.5. The summed E-state index contributed by atoms with van der Waals surface area (Å²) in [5.41, 5.74) is -0.616. The summed E-state index contributed by atoms with van der Waals surface area (Å²) in [5.74, 6) is -0.897. The molecule has 0 saturated heterocycles. The Labute approximate surface area is 143 Å². The second kappa shape index (κ2) is 6.55. The lowest BCUT2D eigenvalue weighted by molar-refractivity contribution is -0.141. The molecule has 0 fully saturated rings. The highest BCUT2D eigenvalue weighted by Gasteiger charge is 2.33. The summed E-state index contributed by atoms with van der Waals surface area (Å²) in [6, 6.07) is 7.69. The van der Waals surface area contributed by atoms with Crippen LogP contribution in [0.3, 0.4) is 0 Å². The molecule has 1 amide bonds. The number of halogens is 4. The van der Waals surface area contributed by atoms with Gasteiger partial charge in [-0.05, 0) is 17.7 Å². The minimum atomic E-state index is -4.61. The van der Waals surface area contributed by atoms with E-state index in [1.807, 2.05) is 12.1 Å². The van der Waals surface area contributed by atoms with E-state index >= 15 is 0 Å². The number of aromatic nitrogens is 5. The van der Waals surface area contributed by atoms with Crippen LogP contribution >= 0.6 is 11.6 Å². The molecule has 0 unspecified atom stereocenters. The minimum absolute atomic E-state index is 0.0458. The molecule has 3 aromatic rings.